The fraction of sp³-hybridized carbons (Fsp3) is 0.556. The molecule has 0 saturated heterocycles. The minimum absolute atomic E-state index is 0.112. The summed E-state index contributed by atoms with van der Waals surface area (Å²) in [6.45, 7) is 8.25. The van der Waals surface area contributed by atoms with Crippen molar-refractivity contribution < 1.29 is 24.2 Å². The molecule has 1 heterocycles. The Morgan fingerprint density at radius 1 is 1.26 bits per heavy atom. The standard InChI is InChI=1S/C18H24O5/c1-11-9-12(2)14-7-8-18(4,23-17(14)13(11)3)10-22-16(21)6-5-15(19)20/h9H,5-8,10H2,1-4H3,(H,19,20)/t18-/m0/s1. The fourth-order valence-corrected chi connectivity index (χ4v) is 2.86. The van der Waals surface area contributed by atoms with Gasteiger partial charge >= 0.3 is 11.9 Å². The van der Waals surface area contributed by atoms with Crippen molar-refractivity contribution in [2.75, 3.05) is 6.61 Å². The molecule has 0 bridgehead atoms. The lowest BCUT2D eigenvalue weighted by Crippen LogP contribution is -2.42. The lowest BCUT2D eigenvalue weighted by Gasteiger charge is -2.37. The van der Waals surface area contributed by atoms with E-state index in [2.05, 4.69) is 19.9 Å². The molecule has 0 radical (unpaired) electrons. The first-order chi connectivity index (χ1) is 10.7. The van der Waals surface area contributed by atoms with Crippen LogP contribution < -0.4 is 4.74 Å². The van der Waals surface area contributed by atoms with Crippen LogP contribution in [0.2, 0.25) is 0 Å². The number of hydrogen-bond donors (Lipinski definition) is 1. The van der Waals surface area contributed by atoms with E-state index in [-0.39, 0.29) is 19.4 Å². The molecular formula is C18H24O5. The van der Waals surface area contributed by atoms with Gasteiger partial charge in [0.05, 0.1) is 12.8 Å². The van der Waals surface area contributed by atoms with Gasteiger partial charge in [0.25, 0.3) is 0 Å². The number of benzene rings is 1. The average molecular weight is 320 g/mol. The molecule has 1 N–H and O–H groups in total. The van der Waals surface area contributed by atoms with Crippen molar-refractivity contribution in [2.24, 2.45) is 0 Å². The van der Waals surface area contributed by atoms with Crippen LogP contribution in [0.4, 0.5) is 0 Å². The van der Waals surface area contributed by atoms with Crippen LogP contribution >= 0.6 is 0 Å². The maximum Gasteiger partial charge on any atom is 0.306 e. The van der Waals surface area contributed by atoms with Crippen LogP contribution in [0, 0.1) is 20.8 Å². The van der Waals surface area contributed by atoms with E-state index in [1.54, 1.807) is 0 Å². The third-order valence-electron chi connectivity index (χ3n) is 4.45. The highest BCUT2D eigenvalue weighted by Crippen LogP contribution is 2.39. The summed E-state index contributed by atoms with van der Waals surface area (Å²) >= 11 is 0. The minimum atomic E-state index is -1.00. The highest BCUT2D eigenvalue weighted by molar-refractivity contribution is 5.76. The molecule has 1 aromatic carbocycles. The predicted molar refractivity (Wildman–Crippen MR) is 85.8 cm³/mol. The molecule has 5 heteroatoms. The van der Waals surface area contributed by atoms with Crippen molar-refractivity contribution in [3.05, 3.63) is 28.3 Å². The van der Waals surface area contributed by atoms with Gasteiger partial charge < -0.3 is 14.6 Å². The lowest BCUT2D eigenvalue weighted by atomic mass is 9.88. The van der Waals surface area contributed by atoms with Crippen LogP contribution in [0.15, 0.2) is 6.07 Å². The molecule has 0 spiro atoms. The molecule has 0 aliphatic carbocycles. The number of carboxylic acids is 1. The number of hydrogen-bond acceptors (Lipinski definition) is 4. The second kappa shape index (κ2) is 6.60. The third-order valence-corrected chi connectivity index (χ3v) is 4.45. The monoisotopic (exact) mass is 320 g/mol. The Balaban J connectivity index is 2.05. The highest BCUT2D eigenvalue weighted by atomic mass is 16.6. The Labute approximate surface area is 136 Å². The van der Waals surface area contributed by atoms with E-state index >= 15 is 0 Å². The van der Waals surface area contributed by atoms with Gasteiger partial charge in [-0.2, -0.15) is 0 Å². The highest BCUT2D eigenvalue weighted by Gasteiger charge is 2.34. The van der Waals surface area contributed by atoms with Crippen molar-refractivity contribution in [1.29, 1.82) is 0 Å². The van der Waals surface area contributed by atoms with Crippen molar-refractivity contribution in [1.82, 2.24) is 0 Å². The number of fused-ring (bicyclic) bond motifs is 1. The van der Waals surface area contributed by atoms with E-state index in [1.807, 2.05) is 13.8 Å². The van der Waals surface area contributed by atoms with Crippen molar-refractivity contribution in [3.8, 4) is 5.75 Å². The Bertz CT molecular complexity index is 635. The number of aliphatic carboxylic acids is 1. The smallest absolute Gasteiger partial charge is 0.306 e. The Morgan fingerprint density at radius 3 is 2.61 bits per heavy atom. The SMILES string of the molecule is Cc1cc(C)c2c(c1C)O[C@](C)(COC(=O)CCC(=O)O)CC2. The minimum Gasteiger partial charge on any atom is -0.483 e. The predicted octanol–water partition coefficient (Wildman–Crippen LogP) is 3.10. The summed E-state index contributed by atoms with van der Waals surface area (Å²) in [6.07, 6.45) is 1.32. The van der Waals surface area contributed by atoms with Crippen LogP contribution in [0.1, 0.15) is 48.4 Å². The first kappa shape index (κ1) is 17.3. The molecular weight excluding hydrogens is 296 g/mol. The van der Waals surface area contributed by atoms with E-state index in [1.165, 1.54) is 16.7 Å². The zero-order valence-electron chi connectivity index (χ0n) is 14.2. The summed E-state index contributed by atoms with van der Waals surface area (Å²) in [4.78, 5) is 22.1. The molecule has 0 aromatic heterocycles. The van der Waals surface area contributed by atoms with Crippen LogP contribution in [-0.2, 0) is 20.7 Å². The molecule has 0 saturated carbocycles. The van der Waals surface area contributed by atoms with E-state index in [0.29, 0.717) is 0 Å². The summed E-state index contributed by atoms with van der Waals surface area (Å²) < 4.78 is 11.4. The topological polar surface area (TPSA) is 72.8 Å². The molecule has 1 aliphatic heterocycles. The van der Waals surface area contributed by atoms with E-state index in [0.717, 1.165) is 24.2 Å². The summed E-state index contributed by atoms with van der Waals surface area (Å²) in [6, 6.07) is 2.17. The molecule has 126 valence electrons. The molecule has 0 amide bonds. The van der Waals surface area contributed by atoms with Gasteiger partial charge in [0, 0.05) is 0 Å². The van der Waals surface area contributed by atoms with Gasteiger partial charge in [-0.15, -0.1) is 0 Å². The molecule has 5 nitrogen and oxygen atoms in total. The van der Waals surface area contributed by atoms with Crippen LogP contribution in [0.5, 0.6) is 5.75 Å². The fourth-order valence-electron chi connectivity index (χ4n) is 2.86. The Hall–Kier alpha value is -2.04. The van der Waals surface area contributed by atoms with E-state index in [9.17, 15) is 9.59 Å². The van der Waals surface area contributed by atoms with Gasteiger partial charge in [-0.1, -0.05) is 6.07 Å². The Morgan fingerprint density at radius 2 is 1.96 bits per heavy atom. The second-order valence-corrected chi connectivity index (χ2v) is 6.55. The van der Waals surface area contributed by atoms with E-state index < -0.39 is 17.5 Å². The van der Waals surface area contributed by atoms with Crippen LogP contribution in [0.3, 0.4) is 0 Å². The summed E-state index contributed by atoms with van der Waals surface area (Å²) in [5, 5.41) is 8.59. The van der Waals surface area contributed by atoms with Gasteiger partial charge in [-0.25, -0.2) is 0 Å². The molecule has 1 atom stereocenters. The second-order valence-electron chi connectivity index (χ2n) is 6.55. The zero-order chi connectivity index (χ0) is 17.2. The molecule has 0 unspecified atom stereocenters. The summed E-state index contributed by atoms with van der Waals surface area (Å²) in [5.74, 6) is -0.601. The first-order valence-electron chi connectivity index (χ1n) is 7.88. The van der Waals surface area contributed by atoms with Crippen molar-refractivity contribution >= 4 is 11.9 Å². The van der Waals surface area contributed by atoms with Gasteiger partial charge in [-0.3, -0.25) is 9.59 Å². The average Bonchev–Trinajstić information content (AvgIpc) is 2.48. The van der Waals surface area contributed by atoms with Crippen LogP contribution in [0.25, 0.3) is 0 Å². The number of esters is 1. The molecule has 23 heavy (non-hydrogen) atoms. The number of carbonyl (C=O) groups is 2. The number of aryl methyl sites for hydroxylation is 2. The van der Waals surface area contributed by atoms with Gasteiger partial charge in [0.1, 0.15) is 18.0 Å². The maximum absolute atomic E-state index is 11.6. The number of ether oxygens (including phenoxy) is 2. The van der Waals surface area contributed by atoms with Gasteiger partial charge in [0.2, 0.25) is 0 Å². The number of carboxylic acid groups (broad SMARTS) is 1. The van der Waals surface area contributed by atoms with Gasteiger partial charge in [-0.05, 0) is 62.8 Å². The Kier molecular flexibility index (Phi) is 4.97. The molecule has 2 rings (SSSR count). The zero-order valence-corrected chi connectivity index (χ0v) is 14.2. The maximum atomic E-state index is 11.6. The molecule has 1 aliphatic rings. The first-order valence-corrected chi connectivity index (χ1v) is 7.88. The largest absolute Gasteiger partial charge is 0.483 e. The molecule has 0 fully saturated rings. The normalized spacial score (nSPS) is 19.7. The summed E-state index contributed by atoms with van der Waals surface area (Å²) in [5.41, 5.74) is 4.18. The van der Waals surface area contributed by atoms with E-state index in [4.69, 9.17) is 14.6 Å². The van der Waals surface area contributed by atoms with Crippen molar-refractivity contribution in [2.45, 2.75) is 59.0 Å². The number of rotatable bonds is 5. The van der Waals surface area contributed by atoms with Crippen LogP contribution in [-0.4, -0.2) is 29.3 Å². The summed E-state index contributed by atoms with van der Waals surface area (Å²) in [7, 11) is 0. The lowest BCUT2D eigenvalue weighted by molar-refractivity contribution is -0.152. The van der Waals surface area contributed by atoms with Crippen molar-refractivity contribution in [3.63, 3.8) is 0 Å². The third kappa shape index (κ3) is 4.03. The quantitative estimate of drug-likeness (QED) is 0.844. The number of carbonyl (C=O) groups excluding carboxylic acids is 1. The van der Waals surface area contributed by atoms with Gasteiger partial charge in [0.15, 0.2) is 0 Å². The molecule has 1 aromatic rings.